The average Bonchev–Trinajstić information content (AvgIpc) is 2.60. The minimum Gasteiger partial charge on any atom is -0.489 e. The molecule has 1 aliphatic rings. The van der Waals surface area contributed by atoms with Crippen molar-refractivity contribution in [2.45, 2.75) is 19.6 Å². The Kier molecular flexibility index (Phi) is 4.84. The molecular weight excluding hydrogens is 316 g/mol. The first kappa shape index (κ1) is 16.8. The standard InChI is InChI=1S/C20H20N2O3/c1-13-18(14(2)23)19(22-20(24)21-13)16-10-6-7-11-17(16)25-12-15-8-4-3-5-9-15/h3-11,18-19H,1,12H2,2H3,(H2,21,22,24). The van der Waals surface area contributed by atoms with Crippen LogP contribution in [0.1, 0.15) is 24.1 Å². The molecule has 0 spiro atoms. The van der Waals surface area contributed by atoms with E-state index in [1.54, 1.807) is 0 Å². The zero-order valence-electron chi connectivity index (χ0n) is 14.0. The van der Waals surface area contributed by atoms with Crippen LogP contribution in [0.4, 0.5) is 4.79 Å². The van der Waals surface area contributed by atoms with E-state index < -0.39 is 12.0 Å². The van der Waals surface area contributed by atoms with Crippen molar-refractivity contribution < 1.29 is 14.3 Å². The van der Waals surface area contributed by atoms with Gasteiger partial charge in [-0.25, -0.2) is 4.79 Å². The number of benzene rings is 2. The Hall–Kier alpha value is -3.08. The fourth-order valence-corrected chi connectivity index (χ4v) is 3.03. The molecule has 2 atom stereocenters. The van der Waals surface area contributed by atoms with Crippen LogP contribution in [0.15, 0.2) is 66.9 Å². The maximum Gasteiger partial charge on any atom is 0.319 e. The summed E-state index contributed by atoms with van der Waals surface area (Å²) in [6, 6.07) is 16.4. The van der Waals surface area contributed by atoms with E-state index in [2.05, 4.69) is 17.2 Å². The second-order valence-electron chi connectivity index (χ2n) is 6.00. The van der Waals surface area contributed by atoms with Crippen molar-refractivity contribution in [3.63, 3.8) is 0 Å². The fraction of sp³-hybridized carbons (Fsp3) is 0.200. The quantitative estimate of drug-likeness (QED) is 0.880. The number of ketones is 1. The highest BCUT2D eigenvalue weighted by molar-refractivity contribution is 5.88. The van der Waals surface area contributed by atoms with Gasteiger partial charge in [0.1, 0.15) is 18.1 Å². The van der Waals surface area contributed by atoms with Gasteiger partial charge in [0, 0.05) is 11.3 Å². The molecule has 2 aromatic rings. The summed E-state index contributed by atoms with van der Waals surface area (Å²) in [5.41, 5.74) is 2.20. The van der Waals surface area contributed by atoms with E-state index in [1.807, 2.05) is 54.6 Å². The number of carbonyl (C=O) groups is 2. The molecule has 0 aromatic heterocycles. The van der Waals surface area contributed by atoms with Crippen molar-refractivity contribution in [1.29, 1.82) is 0 Å². The largest absolute Gasteiger partial charge is 0.489 e. The summed E-state index contributed by atoms with van der Waals surface area (Å²) in [6.07, 6.45) is 0. The van der Waals surface area contributed by atoms with Gasteiger partial charge >= 0.3 is 6.03 Å². The minimum atomic E-state index is -0.542. The van der Waals surface area contributed by atoms with Crippen LogP contribution in [-0.4, -0.2) is 11.8 Å². The van der Waals surface area contributed by atoms with Gasteiger partial charge in [-0.15, -0.1) is 0 Å². The Labute approximate surface area is 146 Å². The zero-order chi connectivity index (χ0) is 17.8. The predicted octanol–water partition coefficient (Wildman–Crippen LogP) is 3.34. The molecule has 0 radical (unpaired) electrons. The fourth-order valence-electron chi connectivity index (χ4n) is 3.03. The van der Waals surface area contributed by atoms with Crippen molar-refractivity contribution in [1.82, 2.24) is 10.6 Å². The summed E-state index contributed by atoms with van der Waals surface area (Å²) in [5, 5.41) is 5.40. The normalized spacial score (nSPS) is 19.7. The Morgan fingerprint density at radius 2 is 1.80 bits per heavy atom. The lowest BCUT2D eigenvalue weighted by molar-refractivity contribution is -0.120. The van der Waals surface area contributed by atoms with E-state index in [0.717, 1.165) is 11.1 Å². The molecular formula is C20H20N2O3. The number of ether oxygens (including phenoxy) is 1. The number of para-hydroxylation sites is 1. The first-order chi connectivity index (χ1) is 12.1. The van der Waals surface area contributed by atoms with Gasteiger partial charge in [0.2, 0.25) is 0 Å². The number of nitrogens with one attached hydrogen (secondary N) is 2. The van der Waals surface area contributed by atoms with Crippen LogP contribution in [0, 0.1) is 5.92 Å². The second-order valence-corrected chi connectivity index (χ2v) is 6.00. The van der Waals surface area contributed by atoms with E-state index >= 15 is 0 Å². The number of carbonyl (C=O) groups excluding carboxylic acids is 2. The third-order valence-electron chi connectivity index (χ3n) is 4.20. The molecule has 1 fully saturated rings. The van der Waals surface area contributed by atoms with Gasteiger partial charge in [-0.1, -0.05) is 55.1 Å². The van der Waals surface area contributed by atoms with Crippen LogP contribution in [0.5, 0.6) is 5.75 Å². The van der Waals surface area contributed by atoms with Crippen LogP contribution >= 0.6 is 0 Å². The van der Waals surface area contributed by atoms with Crippen LogP contribution in [0.3, 0.4) is 0 Å². The molecule has 5 nitrogen and oxygen atoms in total. The molecule has 2 amide bonds. The monoisotopic (exact) mass is 336 g/mol. The zero-order valence-corrected chi connectivity index (χ0v) is 14.0. The van der Waals surface area contributed by atoms with Gasteiger partial charge in [0.15, 0.2) is 0 Å². The van der Waals surface area contributed by atoms with Gasteiger partial charge in [-0.3, -0.25) is 4.79 Å². The summed E-state index contributed by atoms with van der Waals surface area (Å²) in [6.45, 7) is 5.73. The maximum absolute atomic E-state index is 12.1. The lowest BCUT2D eigenvalue weighted by Gasteiger charge is -2.34. The van der Waals surface area contributed by atoms with Crippen molar-refractivity contribution in [3.05, 3.63) is 78.0 Å². The summed E-state index contributed by atoms with van der Waals surface area (Å²) < 4.78 is 5.96. The Bertz CT molecular complexity index is 802. The van der Waals surface area contributed by atoms with Crippen LogP contribution in [0.25, 0.3) is 0 Å². The first-order valence-electron chi connectivity index (χ1n) is 8.08. The topological polar surface area (TPSA) is 67.4 Å². The van der Waals surface area contributed by atoms with Gasteiger partial charge in [0.05, 0.1) is 12.0 Å². The molecule has 2 aromatic carbocycles. The van der Waals surface area contributed by atoms with Gasteiger partial charge < -0.3 is 15.4 Å². The van der Waals surface area contributed by atoms with Crippen molar-refractivity contribution in [2.24, 2.45) is 5.92 Å². The van der Waals surface area contributed by atoms with Gasteiger partial charge in [0.25, 0.3) is 0 Å². The molecule has 1 aliphatic heterocycles. The van der Waals surface area contributed by atoms with E-state index in [4.69, 9.17) is 4.74 Å². The molecule has 1 saturated heterocycles. The summed E-state index contributed by atoms with van der Waals surface area (Å²) in [5.74, 6) is 0.0251. The van der Waals surface area contributed by atoms with Crippen LogP contribution < -0.4 is 15.4 Å². The number of amides is 2. The third kappa shape index (κ3) is 3.71. The Morgan fingerprint density at radius 1 is 1.12 bits per heavy atom. The number of hydrogen-bond donors (Lipinski definition) is 2. The SMILES string of the molecule is C=C1NC(=O)NC(c2ccccc2OCc2ccccc2)C1C(C)=O. The second kappa shape index (κ2) is 7.21. The van der Waals surface area contributed by atoms with Crippen molar-refractivity contribution in [2.75, 3.05) is 0 Å². The molecule has 0 saturated carbocycles. The first-order valence-corrected chi connectivity index (χ1v) is 8.08. The molecule has 1 heterocycles. The minimum absolute atomic E-state index is 0.0691. The summed E-state index contributed by atoms with van der Waals surface area (Å²) in [7, 11) is 0. The lowest BCUT2D eigenvalue weighted by atomic mass is 9.86. The molecule has 2 unspecified atom stereocenters. The van der Waals surface area contributed by atoms with E-state index in [-0.39, 0.29) is 11.8 Å². The molecule has 25 heavy (non-hydrogen) atoms. The lowest BCUT2D eigenvalue weighted by Crippen LogP contribution is -2.50. The van der Waals surface area contributed by atoms with Crippen LogP contribution in [-0.2, 0) is 11.4 Å². The molecule has 0 aliphatic carbocycles. The Morgan fingerprint density at radius 3 is 2.52 bits per heavy atom. The van der Waals surface area contributed by atoms with Gasteiger partial charge in [-0.05, 0) is 18.6 Å². The Balaban J connectivity index is 1.89. The smallest absolute Gasteiger partial charge is 0.319 e. The van der Waals surface area contributed by atoms with Crippen molar-refractivity contribution >= 4 is 11.8 Å². The summed E-state index contributed by atoms with van der Waals surface area (Å²) >= 11 is 0. The highest BCUT2D eigenvalue weighted by Gasteiger charge is 2.37. The number of rotatable bonds is 5. The highest BCUT2D eigenvalue weighted by atomic mass is 16.5. The number of urea groups is 1. The number of Topliss-reactive ketones (excluding diaryl/α,β-unsaturated/α-hetero) is 1. The highest BCUT2D eigenvalue weighted by Crippen LogP contribution is 2.35. The van der Waals surface area contributed by atoms with Gasteiger partial charge in [-0.2, -0.15) is 0 Å². The number of hydrogen-bond acceptors (Lipinski definition) is 3. The maximum atomic E-state index is 12.1. The summed E-state index contributed by atoms with van der Waals surface area (Å²) in [4.78, 5) is 24.0. The van der Waals surface area contributed by atoms with E-state index in [0.29, 0.717) is 18.1 Å². The molecule has 2 N–H and O–H groups in total. The van der Waals surface area contributed by atoms with Crippen LogP contribution in [0.2, 0.25) is 0 Å². The average molecular weight is 336 g/mol. The van der Waals surface area contributed by atoms with E-state index in [9.17, 15) is 9.59 Å². The molecule has 5 heteroatoms. The molecule has 0 bridgehead atoms. The molecule has 128 valence electrons. The van der Waals surface area contributed by atoms with E-state index in [1.165, 1.54) is 6.92 Å². The third-order valence-corrected chi connectivity index (χ3v) is 4.20. The predicted molar refractivity (Wildman–Crippen MR) is 94.9 cm³/mol. The molecule has 3 rings (SSSR count). The van der Waals surface area contributed by atoms with Crippen molar-refractivity contribution in [3.8, 4) is 5.75 Å².